The highest BCUT2D eigenvalue weighted by molar-refractivity contribution is 6.33. The second kappa shape index (κ2) is 5.98. The van der Waals surface area contributed by atoms with Crippen LogP contribution < -0.4 is 5.32 Å². The molecule has 4 aromatic rings. The minimum Gasteiger partial charge on any atom is -0.340 e. The van der Waals surface area contributed by atoms with Crippen molar-refractivity contribution < 1.29 is 0 Å². The predicted octanol–water partition coefficient (Wildman–Crippen LogP) is 5.10. The van der Waals surface area contributed by atoms with E-state index in [9.17, 15) is 0 Å². The lowest BCUT2D eigenvalue weighted by atomic mass is 10.1. The quantitative estimate of drug-likeness (QED) is 0.566. The molecule has 0 saturated heterocycles. The van der Waals surface area contributed by atoms with Crippen molar-refractivity contribution in [2.45, 2.75) is 6.92 Å². The first kappa shape index (κ1) is 14.7. The van der Waals surface area contributed by atoms with Crippen LogP contribution in [0.2, 0.25) is 5.02 Å². The van der Waals surface area contributed by atoms with Crippen molar-refractivity contribution >= 4 is 28.8 Å². The van der Waals surface area contributed by atoms with Gasteiger partial charge in [-0.05, 0) is 25.1 Å². The average Bonchev–Trinajstić information content (AvgIpc) is 3.00. The fraction of sp³-hybridized carbons (Fsp3) is 0.0526. The van der Waals surface area contributed by atoms with Crippen LogP contribution in [0.1, 0.15) is 5.69 Å². The SMILES string of the molecule is Cc1cc(Nc2ccccc2)n2ncc(-c3ccccc3Cl)c2n1. The summed E-state index contributed by atoms with van der Waals surface area (Å²) < 4.78 is 1.80. The Bertz CT molecular complexity index is 1010. The first-order valence-corrected chi connectivity index (χ1v) is 8.02. The molecule has 24 heavy (non-hydrogen) atoms. The number of aromatic nitrogens is 3. The molecule has 4 rings (SSSR count). The van der Waals surface area contributed by atoms with E-state index in [1.165, 1.54) is 0 Å². The molecule has 0 atom stereocenters. The van der Waals surface area contributed by atoms with Gasteiger partial charge in [0.2, 0.25) is 0 Å². The van der Waals surface area contributed by atoms with Crippen LogP contribution in [0.15, 0.2) is 66.9 Å². The third-order valence-corrected chi connectivity index (χ3v) is 4.14. The Morgan fingerprint density at radius 3 is 2.50 bits per heavy atom. The van der Waals surface area contributed by atoms with Crippen molar-refractivity contribution in [2.24, 2.45) is 0 Å². The van der Waals surface area contributed by atoms with Gasteiger partial charge >= 0.3 is 0 Å². The summed E-state index contributed by atoms with van der Waals surface area (Å²) in [5, 5.41) is 8.59. The van der Waals surface area contributed by atoms with Gasteiger partial charge in [-0.1, -0.05) is 48.0 Å². The molecule has 2 aromatic heterocycles. The Morgan fingerprint density at radius 2 is 1.71 bits per heavy atom. The van der Waals surface area contributed by atoms with Crippen molar-refractivity contribution in [3.05, 3.63) is 77.6 Å². The van der Waals surface area contributed by atoms with Crippen molar-refractivity contribution in [1.29, 1.82) is 0 Å². The zero-order valence-corrected chi connectivity index (χ0v) is 13.8. The van der Waals surface area contributed by atoms with Crippen LogP contribution in [-0.4, -0.2) is 14.6 Å². The number of para-hydroxylation sites is 1. The van der Waals surface area contributed by atoms with E-state index in [2.05, 4.69) is 15.4 Å². The summed E-state index contributed by atoms with van der Waals surface area (Å²) in [6.45, 7) is 1.97. The summed E-state index contributed by atoms with van der Waals surface area (Å²) in [6.07, 6.45) is 1.80. The molecule has 2 heterocycles. The highest BCUT2D eigenvalue weighted by atomic mass is 35.5. The van der Waals surface area contributed by atoms with Crippen molar-refractivity contribution in [3.63, 3.8) is 0 Å². The number of hydrogen-bond donors (Lipinski definition) is 1. The molecule has 0 aliphatic carbocycles. The molecule has 5 heteroatoms. The minimum atomic E-state index is 0.688. The van der Waals surface area contributed by atoms with Gasteiger partial charge in [0.15, 0.2) is 5.65 Å². The van der Waals surface area contributed by atoms with E-state index in [-0.39, 0.29) is 0 Å². The van der Waals surface area contributed by atoms with Crippen LogP contribution in [-0.2, 0) is 0 Å². The van der Waals surface area contributed by atoms with E-state index in [0.717, 1.165) is 34.0 Å². The van der Waals surface area contributed by atoms with Gasteiger partial charge in [0.25, 0.3) is 0 Å². The third-order valence-electron chi connectivity index (χ3n) is 3.81. The Kier molecular flexibility index (Phi) is 3.67. The topological polar surface area (TPSA) is 42.2 Å². The van der Waals surface area contributed by atoms with Crippen LogP contribution in [0.3, 0.4) is 0 Å². The highest BCUT2D eigenvalue weighted by Gasteiger charge is 2.14. The summed E-state index contributed by atoms with van der Waals surface area (Å²) in [4.78, 5) is 4.66. The molecule has 0 bridgehead atoms. The number of anilines is 2. The molecule has 0 aliphatic heterocycles. The van der Waals surface area contributed by atoms with E-state index in [1.807, 2.05) is 67.6 Å². The molecule has 0 spiro atoms. The number of nitrogens with one attached hydrogen (secondary N) is 1. The summed E-state index contributed by atoms with van der Waals surface area (Å²) in [5.74, 6) is 0.863. The maximum absolute atomic E-state index is 6.34. The predicted molar refractivity (Wildman–Crippen MR) is 97.9 cm³/mol. The largest absolute Gasteiger partial charge is 0.340 e. The molecule has 0 unspecified atom stereocenters. The van der Waals surface area contributed by atoms with Gasteiger partial charge in [-0.25, -0.2) is 4.98 Å². The number of hydrogen-bond acceptors (Lipinski definition) is 3. The standard InChI is InChI=1S/C19H15ClN4/c1-13-11-18(23-14-7-3-2-4-8-14)24-19(22-13)16(12-21-24)15-9-5-6-10-17(15)20/h2-12,23H,1H3. The Morgan fingerprint density at radius 1 is 0.958 bits per heavy atom. The van der Waals surface area contributed by atoms with E-state index >= 15 is 0 Å². The number of benzene rings is 2. The maximum Gasteiger partial charge on any atom is 0.165 e. The molecule has 0 radical (unpaired) electrons. The summed E-state index contributed by atoms with van der Waals surface area (Å²) >= 11 is 6.34. The summed E-state index contributed by atoms with van der Waals surface area (Å²) in [7, 11) is 0. The number of fused-ring (bicyclic) bond motifs is 1. The smallest absolute Gasteiger partial charge is 0.165 e. The molecule has 118 valence electrons. The van der Waals surface area contributed by atoms with Gasteiger partial charge in [-0.2, -0.15) is 9.61 Å². The Hall–Kier alpha value is -2.85. The van der Waals surface area contributed by atoms with Crippen LogP contribution >= 0.6 is 11.6 Å². The number of nitrogens with zero attached hydrogens (tertiary/aromatic N) is 3. The van der Waals surface area contributed by atoms with Crippen molar-refractivity contribution in [3.8, 4) is 11.1 Å². The van der Waals surface area contributed by atoms with E-state index in [4.69, 9.17) is 11.6 Å². The Balaban J connectivity index is 1.87. The van der Waals surface area contributed by atoms with Crippen LogP contribution in [0.4, 0.5) is 11.5 Å². The van der Waals surface area contributed by atoms with Crippen molar-refractivity contribution in [2.75, 3.05) is 5.32 Å². The molecule has 1 N–H and O–H groups in total. The fourth-order valence-corrected chi connectivity index (χ4v) is 2.95. The first-order chi connectivity index (χ1) is 11.7. The molecule has 0 aliphatic rings. The molecule has 0 fully saturated rings. The lowest BCUT2D eigenvalue weighted by Gasteiger charge is -2.10. The molecule has 0 saturated carbocycles. The third kappa shape index (κ3) is 2.61. The first-order valence-electron chi connectivity index (χ1n) is 7.65. The van der Waals surface area contributed by atoms with Gasteiger partial charge in [-0.15, -0.1) is 0 Å². The maximum atomic E-state index is 6.34. The molecule has 2 aromatic carbocycles. The second-order valence-corrected chi connectivity index (χ2v) is 5.95. The van der Waals surface area contributed by atoms with Gasteiger partial charge < -0.3 is 5.32 Å². The van der Waals surface area contributed by atoms with Crippen LogP contribution in [0.5, 0.6) is 0 Å². The average molecular weight is 335 g/mol. The van der Waals surface area contributed by atoms with Gasteiger partial charge in [-0.3, -0.25) is 0 Å². The van der Waals surface area contributed by atoms with Gasteiger partial charge in [0.05, 0.1) is 6.20 Å². The number of rotatable bonds is 3. The fourth-order valence-electron chi connectivity index (χ4n) is 2.71. The van der Waals surface area contributed by atoms with Gasteiger partial charge in [0.1, 0.15) is 5.82 Å². The molecule has 0 amide bonds. The number of aryl methyl sites for hydroxylation is 1. The lowest BCUT2D eigenvalue weighted by Crippen LogP contribution is -2.02. The van der Waals surface area contributed by atoms with Crippen molar-refractivity contribution in [1.82, 2.24) is 14.6 Å². The zero-order valence-electron chi connectivity index (χ0n) is 13.1. The van der Waals surface area contributed by atoms with Crippen LogP contribution in [0, 0.1) is 6.92 Å². The van der Waals surface area contributed by atoms with E-state index in [0.29, 0.717) is 5.02 Å². The van der Waals surface area contributed by atoms with E-state index in [1.54, 1.807) is 10.7 Å². The highest BCUT2D eigenvalue weighted by Crippen LogP contribution is 2.31. The zero-order chi connectivity index (χ0) is 16.5. The Labute approximate surface area is 144 Å². The van der Waals surface area contributed by atoms with Gasteiger partial charge in [0, 0.05) is 33.6 Å². The summed E-state index contributed by atoms with van der Waals surface area (Å²) in [6, 6.07) is 19.7. The molecule has 4 nitrogen and oxygen atoms in total. The molecular formula is C19H15ClN4. The monoisotopic (exact) mass is 334 g/mol. The summed E-state index contributed by atoms with van der Waals surface area (Å²) in [5.41, 5.74) is 4.54. The lowest BCUT2D eigenvalue weighted by molar-refractivity contribution is 0.938. The minimum absolute atomic E-state index is 0.688. The van der Waals surface area contributed by atoms with Crippen LogP contribution in [0.25, 0.3) is 16.8 Å². The number of halogens is 1. The normalized spacial score (nSPS) is 10.9. The van der Waals surface area contributed by atoms with E-state index < -0.39 is 0 Å². The second-order valence-electron chi connectivity index (χ2n) is 5.55. The molecular weight excluding hydrogens is 320 g/mol.